The Morgan fingerprint density at radius 2 is 1.79 bits per heavy atom. The topological polar surface area (TPSA) is 12.0 Å². The van der Waals surface area contributed by atoms with Crippen LogP contribution in [0.2, 0.25) is 0 Å². The molecule has 19 heavy (non-hydrogen) atoms. The van der Waals surface area contributed by atoms with Crippen molar-refractivity contribution in [3.63, 3.8) is 0 Å². The maximum Gasteiger partial charge on any atom is 0.0291 e. The van der Waals surface area contributed by atoms with Crippen LogP contribution in [-0.2, 0) is 6.42 Å². The van der Waals surface area contributed by atoms with Gasteiger partial charge in [-0.3, -0.25) is 0 Å². The molecule has 0 spiro atoms. The van der Waals surface area contributed by atoms with Gasteiger partial charge < -0.3 is 5.32 Å². The first kappa shape index (κ1) is 13.8. The van der Waals surface area contributed by atoms with Crippen LogP contribution in [-0.4, -0.2) is 6.54 Å². The average molecular weight is 253 g/mol. The van der Waals surface area contributed by atoms with E-state index in [0.717, 1.165) is 13.0 Å². The van der Waals surface area contributed by atoms with Crippen LogP contribution in [0.1, 0.15) is 36.1 Å². The van der Waals surface area contributed by atoms with Gasteiger partial charge in [-0.2, -0.15) is 0 Å². The molecule has 0 aliphatic rings. The van der Waals surface area contributed by atoms with Gasteiger partial charge in [-0.25, -0.2) is 0 Å². The van der Waals surface area contributed by atoms with E-state index in [1.54, 1.807) is 0 Å². The lowest BCUT2D eigenvalue weighted by molar-refractivity contribution is 0.558. The molecule has 0 aliphatic carbocycles. The first-order chi connectivity index (χ1) is 9.25. The second-order valence-electron chi connectivity index (χ2n) is 5.18. The van der Waals surface area contributed by atoms with Crippen molar-refractivity contribution in [3.05, 3.63) is 71.3 Å². The van der Waals surface area contributed by atoms with Gasteiger partial charge >= 0.3 is 0 Å². The van der Waals surface area contributed by atoms with Gasteiger partial charge in [0.15, 0.2) is 0 Å². The fourth-order valence-corrected chi connectivity index (χ4v) is 2.31. The summed E-state index contributed by atoms with van der Waals surface area (Å²) in [6.07, 6.45) is 2.33. The molecule has 2 aromatic rings. The average Bonchev–Trinajstić information content (AvgIpc) is 2.44. The lowest BCUT2D eigenvalue weighted by Crippen LogP contribution is -2.20. The number of aryl methyl sites for hydroxylation is 2. The molecule has 0 bridgehead atoms. The zero-order chi connectivity index (χ0) is 13.5. The molecule has 0 unspecified atom stereocenters. The quantitative estimate of drug-likeness (QED) is 0.758. The van der Waals surface area contributed by atoms with Crippen LogP contribution in [0.25, 0.3) is 0 Å². The maximum absolute atomic E-state index is 3.60. The van der Waals surface area contributed by atoms with Crippen LogP contribution in [0, 0.1) is 6.92 Å². The Morgan fingerprint density at radius 3 is 2.53 bits per heavy atom. The second-order valence-corrected chi connectivity index (χ2v) is 5.18. The van der Waals surface area contributed by atoms with E-state index in [9.17, 15) is 0 Å². The van der Waals surface area contributed by atoms with Crippen LogP contribution < -0.4 is 5.32 Å². The fraction of sp³-hybridized carbons (Fsp3) is 0.333. The van der Waals surface area contributed by atoms with Gasteiger partial charge in [0.25, 0.3) is 0 Å². The van der Waals surface area contributed by atoms with Crippen molar-refractivity contribution in [2.75, 3.05) is 6.54 Å². The minimum atomic E-state index is 0.427. The molecule has 0 radical (unpaired) electrons. The van der Waals surface area contributed by atoms with E-state index in [2.05, 4.69) is 73.8 Å². The molecule has 0 aromatic heterocycles. The number of rotatable bonds is 6. The number of nitrogens with one attached hydrogen (secondary N) is 1. The van der Waals surface area contributed by atoms with Crippen LogP contribution in [0.15, 0.2) is 54.6 Å². The summed E-state index contributed by atoms with van der Waals surface area (Å²) in [5, 5.41) is 3.60. The molecule has 0 amide bonds. The summed E-state index contributed by atoms with van der Waals surface area (Å²) in [6, 6.07) is 19.8. The summed E-state index contributed by atoms with van der Waals surface area (Å²) in [7, 11) is 0. The smallest absolute Gasteiger partial charge is 0.0291 e. The van der Waals surface area contributed by atoms with Crippen molar-refractivity contribution in [1.82, 2.24) is 5.32 Å². The van der Waals surface area contributed by atoms with Gasteiger partial charge in [-0.05, 0) is 44.4 Å². The van der Waals surface area contributed by atoms with E-state index in [1.807, 2.05) is 0 Å². The normalized spacial score (nSPS) is 12.3. The van der Waals surface area contributed by atoms with Crippen molar-refractivity contribution in [3.8, 4) is 0 Å². The highest BCUT2D eigenvalue weighted by Gasteiger charge is 2.03. The molecule has 1 atom stereocenters. The van der Waals surface area contributed by atoms with Crippen molar-refractivity contribution in [2.24, 2.45) is 0 Å². The SMILES string of the molecule is Cc1cccc([C@@H](C)NCCCc2ccccc2)c1. The first-order valence-corrected chi connectivity index (χ1v) is 7.09. The molecule has 2 aromatic carbocycles. The third kappa shape index (κ3) is 4.53. The van der Waals surface area contributed by atoms with E-state index in [0.29, 0.717) is 6.04 Å². The van der Waals surface area contributed by atoms with Crippen LogP contribution in [0.5, 0.6) is 0 Å². The van der Waals surface area contributed by atoms with E-state index in [1.165, 1.54) is 23.1 Å². The van der Waals surface area contributed by atoms with Crippen LogP contribution >= 0.6 is 0 Å². The van der Waals surface area contributed by atoms with Crippen molar-refractivity contribution in [2.45, 2.75) is 32.7 Å². The Bertz CT molecular complexity index is 490. The Hall–Kier alpha value is -1.60. The highest BCUT2D eigenvalue weighted by Crippen LogP contribution is 2.13. The summed E-state index contributed by atoms with van der Waals surface area (Å²) in [6.45, 7) is 5.44. The standard InChI is InChI=1S/C18H23N/c1-15-8-6-12-18(14-15)16(2)19-13-7-11-17-9-4-3-5-10-17/h3-6,8-10,12,14,16,19H,7,11,13H2,1-2H3/t16-/m1/s1. The molecule has 2 rings (SSSR count). The van der Waals surface area contributed by atoms with Gasteiger partial charge in [0.1, 0.15) is 0 Å². The monoisotopic (exact) mass is 253 g/mol. The molecule has 0 saturated heterocycles. The van der Waals surface area contributed by atoms with E-state index < -0.39 is 0 Å². The van der Waals surface area contributed by atoms with Crippen LogP contribution in [0.3, 0.4) is 0 Å². The highest BCUT2D eigenvalue weighted by molar-refractivity contribution is 5.24. The molecular weight excluding hydrogens is 230 g/mol. The Balaban J connectivity index is 1.74. The number of hydrogen-bond acceptors (Lipinski definition) is 1. The molecule has 0 fully saturated rings. The zero-order valence-electron chi connectivity index (χ0n) is 11.9. The van der Waals surface area contributed by atoms with Crippen molar-refractivity contribution >= 4 is 0 Å². The summed E-state index contributed by atoms with van der Waals surface area (Å²) >= 11 is 0. The molecular formula is C18H23N. The van der Waals surface area contributed by atoms with Gasteiger partial charge in [0.05, 0.1) is 0 Å². The summed E-state index contributed by atoms with van der Waals surface area (Å²) in [5.74, 6) is 0. The predicted octanol–water partition coefficient (Wildman–Crippen LogP) is 4.28. The van der Waals surface area contributed by atoms with Crippen LogP contribution in [0.4, 0.5) is 0 Å². The summed E-state index contributed by atoms with van der Waals surface area (Å²) in [4.78, 5) is 0. The maximum atomic E-state index is 3.60. The molecule has 1 nitrogen and oxygen atoms in total. The highest BCUT2D eigenvalue weighted by atomic mass is 14.9. The number of hydrogen-bond donors (Lipinski definition) is 1. The van der Waals surface area contributed by atoms with Gasteiger partial charge in [-0.15, -0.1) is 0 Å². The minimum Gasteiger partial charge on any atom is -0.310 e. The first-order valence-electron chi connectivity index (χ1n) is 7.09. The van der Waals surface area contributed by atoms with Gasteiger partial charge in [0, 0.05) is 6.04 Å². The van der Waals surface area contributed by atoms with Gasteiger partial charge in [-0.1, -0.05) is 60.2 Å². The largest absolute Gasteiger partial charge is 0.310 e. The van der Waals surface area contributed by atoms with E-state index in [-0.39, 0.29) is 0 Å². The number of benzene rings is 2. The van der Waals surface area contributed by atoms with Crippen molar-refractivity contribution in [1.29, 1.82) is 0 Å². The van der Waals surface area contributed by atoms with E-state index in [4.69, 9.17) is 0 Å². The Labute approximate surface area is 116 Å². The molecule has 1 heteroatoms. The Morgan fingerprint density at radius 1 is 1.00 bits per heavy atom. The lowest BCUT2D eigenvalue weighted by Gasteiger charge is -2.14. The summed E-state index contributed by atoms with van der Waals surface area (Å²) < 4.78 is 0. The summed E-state index contributed by atoms with van der Waals surface area (Å²) in [5.41, 5.74) is 4.13. The molecule has 100 valence electrons. The Kier molecular flexibility index (Phi) is 5.17. The van der Waals surface area contributed by atoms with Crippen molar-refractivity contribution < 1.29 is 0 Å². The minimum absolute atomic E-state index is 0.427. The molecule has 0 saturated carbocycles. The third-order valence-corrected chi connectivity index (χ3v) is 3.48. The van der Waals surface area contributed by atoms with Gasteiger partial charge in [0.2, 0.25) is 0 Å². The third-order valence-electron chi connectivity index (χ3n) is 3.48. The zero-order valence-corrected chi connectivity index (χ0v) is 11.9. The fourth-order valence-electron chi connectivity index (χ4n) is 2.31. The molecule has 0 aliphatic heterocycles. The second kappa shape index (κ2) is 7.10. The molecule has 1 N–H and O–H groups in total. The lowest BCUT2D eigenvalue weighted by atomic mass is 10.1. The van der Waals surface area contributed by atoms with E-state index >= 15 is 0 Å². The molecule has 0 heterocycles. The predicted molar refractivity (Wildman–Crippen MR) is 82.4 cm³/mol.